The second-order valence-electron chi connectivity index (χ2n) is 10.1. The number of urea groups is 1. The lowest BCUT2D eigenvalue weighted by atomic mass is 9.92. The van der Waals surface area contributed by atoms with Crippen molar-refractivity contribution in [3.8, 4) is 17.6 Å². The molecule has 11 heteroatoms. The highest BCUT2D eigenvalue weighted by atomic mass is 19.4. The summed E-state index contributed by atoms with van der Waals surface area (Å²) in [4.78, 5) is 30.0. The first-order valence-corrected chi connectivity index (χ1v) is 13.1. The lowest BCUT2D eigenvalue weighted by molar-refractivity contribution is -0.274. The van der Waals surface area contributed by atoms with Crippen molar-refractivity contribution < 1.29 is 32.6 Å². The van der Waals surface area contributed by atoms with Gasteiger partial charge in [-0.15, -0.1) is 13.2 Å². The molecular weight excluding hydrogens is 549 g/mol. The average Bonchev–Trinajstić information content (AvgIpc) is 3.57. The molecule has 4 N–H and O–H groups in total. The van der Waals surface area contributed by atoms with Crippen LogP contribution in [0.25, 0.3) is 10.9 Å². The molecule has 1 aliphatic rings. The van der Waals surface area contributed by atoms with Crippen LogP contribution in [0.2, 0.25) is 0 Å². The molecule has 42 heavy (non-hydrogen) atoms. The van der Waals surface area contributed by atoms with E-state index in [-0.39, 0.29) is 23.6 Å². The molecule has 1 atom stereocenters. The molecule has 1 saturated heterocycles. The van der Waals surface area contributed by atoms with Gasteiger partial charge in [-0.3, -0.25) is 9.69 Å². The summed E-state index contributed by atoms with van der Waals surface area (Å²) in [6.07, 6.45) is -3.05. The minimum absolute atomic E-state index is 0.181. The van der Waals surface area contributed by atoms with Gasteiger partial charge in [-0.1, -0.05) is 30.0 Å². The third kappa shape index (κ3) is 6.50. The fourth-order valence-electron chi connectivity index (χ4n) is 4.77. The van der Waals surface area contributed by atoms with E-state index in [1.165, 1.54) is 12.1 Å². The Morgan fingerprint density at radius 1 is 1.07 bits per heavy atom. The molecule has 0 aliphatic carbocycles. The number of aliphatic hydroxyl groups is 1. The van der Waals surface area contributed by atoms with Gasteiger partial charge in [0.15, 0.2) is 0 Å². The average molecular weight is 577 g/mol. The van der Waals surface area contributed by atoms with Crippen molar-refractivity contribution in [2.75, 3.05) is 24.6 Å². The van der Waals surface area contributed by atoms with Crippen LogP contribution in [-0.2, 0) is 6.42 Å². The van der Waals surface area contributed by atoms with Crippen molar-refractivity contribution in [2.45, 2.75) is 25.2 Å². The molecule has 3 aromatic carbocycles. The number of benzene rings is 3. The smallest absolute Gasteiger partial charge is 0.405 e. The van der Waals surface area contributed by atoms with E-state index in [4.69, 9.17) is 0 Å². The number of carbonyl (C=O) groups is 2. The Kier molecular flexibility index (Phi) is 7.83. The van der Waals surface area contributed by atoms with E-state index in [1.807, 2.05) is 24.3 Å². The summed E-state index contributed by atoms with van der Waals surface area (Å²) in [5.74, 6) is 4.24. The van der Waals surface area contributed by atoms with Gasteiger partial charge in [0, 0.05) is 47.0 Å². The summed E-state index contributed by atoms with van der Waals surface area (Å²) in [5, 5.41) is 16.5. The standard InChI is InChI=1S/C31H27F3N4O4/c1-30(19-39,17-22-18-36-26-5-3-2-4-24(22)26)37-28(40)25-16-21(10-13-27(25)42-31(32,33)34)7-6-20-8-11-23(12-9-20)38-15-14-35-29(38)41/h2-5,8-13,16,18,36,39H,14-15,17,19H2,1H3,(H,35,41)(H,37,40). The van der Waals surface area contributed by atoms with E-state index in [0.29, 0.717) is 24.3 Å². The molecule has 5 rings (SSSR count). The summed E-state index contributed by atoms with van der Waals surface area (Å²) in [6, 6.07) is 17.9. The Labute approximate surface area is 239 Å². The Morgan fingerprint density at radius 3 is 2.48 bits per heavy atom. The maximum absolute atomic E-state index is 13.4. The predicted octanol–water partition coefficient (Wildman–Crippen LogP) is 4.72. The topological polar surface area (TPSA) is 107 Å². The van der Waals surface area contributed by atoms with Crippen LogP contribution in [0.1, 0.15) is 34.0 Å². The summed E-state index contributed by atoms with van der Waals surface area (Å²) in [6.45, 7) is 2.25. The zero-order chi connectivity index (χ0) is 29.9. The Hall–Kier alpha value is -4.95. The van der Waals surface area contributed by atoms with Gasteiger partial charge in [0.2, 0.25) is 0 Å². The number of rotatable bonds is 7. The van der Waals surface area contributed by atoms with Crippen LogP contribution in [0.5, 0.6) is 5.75 Å². The molecule has 0 saturated carbocycles. The van der Waals surface area contributed by atoms with Gasteiger partial charge < -0.3 is 25.5 Å². The van der Waals surface area contributed by atoms with E-state index in [9.17, 15) is 27.9 Å². The van der Waals surface area contributed by atoms with Gasteiger partial charge in [0.05, 0.1) is 17.7 Å². The van der Waals surface area contributed by atoms with Gasteiger partial charge in [0.25, 0.3) is 5.91 Å². The highest BCUT2D eigenvalue weighted by Crippen LogP contribution is 2.29. The van der Waals surface area contributed by atoms with Gasteiger partial charge in [-0.05, 0) is 67.4 Å². The Balaban J connectivity index is 1.39. The number of alkyl halides is 3. The van der Waals surface area contributed by atoms with Crippen LogP contribution >= 0.6 is 0 Å². The maximum Gasteiger partial charge on any atom is 0.573 e. The minimum atomic E-state index is -5.03. The second-order valence-corrected chi connectivity index (χ2v) is 10.1. The number of halogens is 3. The molecule has 3 amide bonds. The normalized spacial score (nSPS) is 14.6. The van der Waals surface area contributed by atoms with Crippen molar-refractivity contribution in [2.24, 2.45) is 0 Å². The number of ether oxygens (including phenoxy) is 1. The highest BCUT2D eigenvalue weighted by Gasteiger charge is 2.34. The molecule has 8 nitrogen and oxygen atoms in total. The van der Waals surface area contributed by atoms with Crippen LogP contribution in [-0.4, -0.2) is 53.6 Å². The number of aromatic nitrogens is 1. The summed E-state index contributed by atoms with van der Waals surface area (Å²) < 4.78 is 43.7. The first-order valence-electron chi connectivity index (χ1n) is 13.1. The zero-order valence-electron chi connectivity index (χ0n) is 22.5. The number of anilines is 1. The molecule has 1 aliphatic heterocycles. The van der Waals surface area contributed by atoms with Gasteiger partial charge in [-0.25, -0.2) is 4.79 Å². The predicted molar refractivity (Wildman–Crippen MR) is 151 cm³/mol. The first-order chi connectivity index (χ1) is 20.0. The molecule has 1 unspecified atom stereocenters. The van der Waals surface area contributed by atoms with Gasteiger partial charge >= 0.3 is 12.4 Å². The fourth-order valence-corrected chi connectivity index (χ4v) is 4.77. The molecule has 0 spiro atoms. The van der Waals surface area contributed by atoms with E-state index >= 15 is 0 Å². The number of fused-ring (bicyclic) bond motifs is 1. The van der Waals surface area contributed by atoms with E-state index in [0.717, 1.165) is 22.5 Å². The van der Waals surface area contributed by atoms with Crippen LogP contribution < -0.4 is 20.3 Å². The van der Waals surface area contributed by atoms with Crippen molar-refractivity contribution >= 4 is 28.5 Å². The van der Waals surface area contributed by atoms with Gasteiger partial charge in [0.1, 0.15) is 5.75 Å². The van der Waals surface area contributed by atoms with Crippen molar-refractivity contribution in [3.63, 3.8) is 0 Å². The zero-order valence-corrected chi connectivity index (χ0v) is 22.5. The lowest BCUT2D eigenvalue weighted by Crippen LogP contribution is -2.50. The monoisotopic (exact) mass is 576 g/mol. The summed E-state index contributed by atoms with van der Waals surface area (Å²) >= 11 is 0. The molecule has 1 aromatic heterocycles. The molecule has 2 heterocycles. The van der Waals surface area contributed by atoms with Crippen molar-refractivity contribution in [1.29, 1.82) is 0 Å². The van der Waals surface area contributed by atoms with Crippen LogP contribution in [0.15, 0.2) is 72.9 Å². The van der Waals surface area contributed by atoms with Crippen LogP contribution in [0, 0.1) is 11.8 Å². The third-order valence-corrected chi connectivity index (χ3v) is 6.86. The number of H-pyrrole nitrogens is 1. The summed E-state index contributed by atoms with van der Waals surface area (Å²) in [5.41, 5.74) is 1.71. The Morgan fingerprint density at radius 2 is 1.79 bits per heavy atom. The van der Waals surface area contributed by atoms with Crippen molar-refractivity contribution in [1.82, 2.24) is 15.6 Å². The number of nitrogens with one attached hydrogen (secondary N) is 3. The molecule has 216 valence electrons. The van der Waals surface area contributed by atoms with Crippen molar-refractivity contribution in [3.05, 3.63) is 95.2 Å². The maximum atomic E-state index is 13.4. The van der Waals surface area contributed by atoms with E-state index in [2.05, 4.69) is 32.2 Å². The van der Waals surface area contributed by atoms with Crippen LogP contribution in [0.3, 0.4) is 0 Å². The highest BCUT2D eigenvalue weighted by molar-refractivity contribution is 5.98. The molecular formula is C31H27F3N4O4. The second kappa shape index (κ2) is 11.5. The number of hydrogen-bond donors (Lipinski definition) is 4. The quantitative estimate of drug-likeness (QED) is 0.239. The number of nitrogens with zero attached hydrogens (tertiary/aromatic N) is 1. The number of hydrogen-bond acceptors (Lipinski definition) is 4. The minimum Gasteiger partial charge on any atom is -0.405 e. The molecule has 0 bridgehead atoms. The number of aliphatic hydroxyl groups excluding tert-OH is 1. The molecule has 4 aromatic rings. The number of carbonyl (C=O) groups excluding carboxylic acids is 2. The third-order valence-electron chi connectivity index (χ3n) is 6.86. The molecule has 1 fully saturated rings. The fraction of sp³-hybridized carbons (Fsp3) is 0.226. The Bertz CT molecular complexity index is 1690. The van der Waals surface area contributed by atoms with Gasteiger partial charge in [-0.2, -0.15) is 0 Å². The SMILES string of the molecule is CC(CO)(Cc1c[nH]c2ccccc12)NC(=O)c1cc(C#Cc2ccc(N3CCNC3=O)cc2)ccc1OC(F)(F)F. The largest absolute Gasteiger partial charge is 0.573 e. The first kappa shape index (κ1) is 28.6. The summed E-state index contributed by atoms with van der Waals surface area (Å²) in [7, 11) is 0. The number of amides is 3. The molecule has 0 radical (unpaired) electrons. The number of aromatic amines is 1. The number of para-hydroxylation sites is 1. The lowest BCUT2D eigenvalue weighted by Gasteiger charge is -2.29. The van der Waals surface area contributed by atoms with E-state index < -0.39 is 30.2 Å². The van der Waals surface area contributed by atoms with E-state index in [1.54, 1.807) is 42.3 Å². The van der Waals surface area contributed by atoms with Crippen LogP contribution in [0.4, 0.5) is 23.7 Å².